The van der Waals surface area contributed by atoms with Crippen LogP contribution in [-0.4, -0.2) is 29.9 Å². The molecular weight excluding hydrogens is 270 g/mol. The van der Waals surface area contributed by atoms with Crippen LogP contribution in [0.25, 0.3) is 0 Å². The molecule has 2 aliphatic rings. The maximum atomic E-state index is 5.03. The lowest BCUT2D eigenvalue weighted by atomic mass is 9.97. The number of nitrogens with zero attached hydrogens (tertiary/aromatic N) is 3. The third kappa shape index (κ3) is 2.03. The van der Waals surface area contributed by atoms with Gasteiger partial charge in [-0.15, -0.1) is 0 Å². The summed E-state index contributed by atoms with van der Waals surface area (Å²) >= 11 is 0. The standard InChI is InChI=1S/C19H26N3/c1-7-15-13(3)12(2)14(4)21(5)18(15)19-20-16-10-8-9-11-17(16)22(19)6/h8-11,16-17H,7H2,1-6H3/q+1. The molecule has 3 nitrogen and oxygen atoms in total. The van der Waals surface area contributed by atoms with E-state index in [1.54, 1.807) is 0 Å². The van der Waals surface area contributed by atoms with Crippen molar-refractivity contribution in [3.05, 3.63) is 52.4 Å². The normalized spacial score (nSPS) is 23.0. The molecule has 0 saturated heterocycles. The average Bonchev–Trinajstić information content (AvgIpc) is 2.86. The first-order valence-electron chi connectivity index (χ1n) is 8.12. The zero-order valence-corrected chi connectivity index (χ0v) is 14.5. The van der Waals surface area contributed by atoms with Crippen LogP contribution < -0.4 is 4.57 Å². The fourth-order valence-electron chi connectivity index (χ4n) is 3.68. The largest absolute Gasteiger partial charge is 0.345 e. The molecule has 2 unspecified atom stereocenters. The predicted octanol–water partition coefficient (Wildman–Crippen LogP) is 2.55. The van der Waals surface area contributed by atoms with Crippen molar-refractivity contribution in [3.8, 4) is 0 Å². The first-order valence-corrected chi connectivity index (χ1v) is 8.12. The van der Waals surface area contributed by atoms with Crippen molar-refractivity contribution < 1.29 is 4.57 Å². The summed E-state index contributed by atoms with van der Waals surface area (Å²) in [4.78, 5) is 7.35. The van der Waals surface area contributed by atoms with Crippen molar-refractivity contribution in [2.24, 2.45) is 12.0 Å². The predicted molar refractivity (Wildman–Crippen MR) is 91.4 cm³/mol. The van der Waals surface area contributed by atoms with E-state index in [2.05, 4.69) is 75.6 Å². The number of likely N-dealkylation sites (N-methyl/N-ethyl adjacent to an activating group) is 1. The van der Waals surface area contributed by atoms with Crippen LogP contribution in [0.2, 0.25) is 0 Å². The van der Waals surface area contributed by atoms with E-state index in [1.807, 2.05) is 0 Å². The van der Waals surface area contributed by atoms with E-state index in [0.717, 1.165) is 12.3 Å². The highest BCUT2D eigenvalue weighted by molar-refractivity contribution is 5.99. The molecule has 0 amide bonds. The summed E-state index contributed by atoms with van der Waals surface area (Å²) in [5.74, 6) is 1.12. The Labute approximate surface area is 133 Å². The van der Waals surface area contributed by atoms with E-state index >= 15 is 0 Å². The highest BCUT2D eigenvalue weighted by Crippen LogP contribution is 2.27. The Morgan fingerprint density at radius 1 is 1.14 bits per heavy atom. The van der Waals surface area contributed by atoms with Crippen LogP contribution in [0, 0.1) is 20.8 Å². The SMILES string of the molecule is CCc1c(C)c(C)c(C)[n+](C)c1C1=NC2C=CC=CC2N1C. The first-order chi connectivity index (χ1) is 10.5. The molecule has 0 N–H and O–H groups in total. The molecule has 1 aliphatic carbocycles. The second-order valence-electron chi connectivity index (χ2n) is 6.39. The van der Waals surface area contributed by atoms with E-state index in [0.29, 0.717) is 6.04 Å². The Morgan fingerprint density at radius 2 is 1.82 bits per heavy atom. The molecule has 0 fully saturated rings. The van der Waals surface area contributed by atoms with Crippen molar-refractivity contribution >= 4 is 5.84 Å². The molecule has 0 radical (unpaired) electrons. The van der Waals surface area contributed by atoms with Gasteiger partial charge in [-0.3, -0.25) is 4.99 Å². The Balaban J connectivity index is 2.21. The Kier molecular flexibility index (Phi) is 3.67. The molecule has 1 aliphatic heterocycles. The maximum absolute atomic E-state index is 5.03. The van der Waals surface area contributed by atoms with Crippen molar-refractivity contribution in [1.82, 2.24) is 4.90 Å². The van der Waals surface area contributed by atoms with Crippen LogP contribution in [0.15, 0.2) is 29.3 Å². The van der Waals surface area contributed by atoms with Gasteiger partial charge in [0.05, 0.1) is 12.1 Å². The Bertz CT molecular complexity index is 710. The van der Waals surface area contributed by atoms with Crippen LogP contribution in [0.4, 0.5) is 0 Å². The average molecular weight is 296 g/mol. The van der Waals surface area contributed by atoms with Gasteiger partial charge < -0.3 is 4.90 Å². The molecule has 3 rings (SSSR count). The smallest absolute Gasteiger partial charge is 0.251 e. The number of hydrogen-bond donors (Lipinski definition) is 0. The van der Waals surface area contributed by atoms with Gasteiger partial charge in [-0.1, -0.05) is 31.2 Å². The van der Waals surface area contributed by atoms with Gasteiger partial charge in [-0.25, -0.2) is 0 Å². The van der Waals surface area contributed by atoms with Crippen LogP contribution in [0.3, 0.4) is 0 Å². The number of aromatic nitrogens is 1. The summed E-state index contributed by atoms with van der Waals surface area (Å²) in [6.45, 7) is 8.91. The molecule has 22 heavy (non-hydrogen) atoms. The molecule has 1 aromatic rings. The van der Waals surface area contributed by atoms with Crippen molar-refractivity contribution in [1.29, 1.82) is 0 Å². The van der Waals surface area contributed by atoms with Crippen LogP contribution in [0.5, 0.6) is 0 Å². The second kappa shape index (κ2) is 5.38. The van der Waals surface area contributed by atoms with Crippen molar-refractivity contribution in [2.45, 2.75) is 46.2 Å². The lowest BCUT2D eigenvalue weighted by molar-refractivity contribution is -0.680. The van der Waals surface area contributed by atoms with Gasteiger partial charge in [0, 0.05) is 25.1 Å². The first kappa shape index (κ1) is 15.0. The van der Waals surface area contributed by atoms with E-state index in [-0.39, 0.29) is 6.04 Å². The summed E-state index contributed by atoms with van der Waals surface area (Å²) < 4.78 is 2.32. The van der Waals surface area contributed by atoms with Gasteiger partial charge in [-0.2, -0.15) is 4.57 Å². The molecule has 0 bridgehead atoms. The van der Waals surface area contributed by atoms with Gasteiger partial charge >= 0.3 is 0 Å². The minimum Gasteiger partial charge on any atom is -0.345 e. The summed E-state index contributed by atoms with van der Waals surface area (Å²) in [5.41, 5.74) is 6.82. The molecule has 0 aromatic carbocycles. The monoisotopic (exact) mass is 296 g/mol. The molecular formula is C19H26N3+. The van der Waals surface area contributed by atoms with E-state index in [1.165, 1.54) is 28.1 Å². The lowest BCUT2D eigenvalue weighted by Crippen LogP contribution is -2.46. The zero-order chi connectivity index (χ0) is 16.0. The van der Waals surface area contributed by atoms with Crippen molar-refractivity contribution in [2.75, 3.05) is 7.05 Å². The molecule has 2 atom stereocenters. The third-order valence-corrected chi connectivity index (χ3v) is 5.38. The maximum Gasteiger partial charge on any atom is 0.251 e. The van der Waals surface area contributed by atoms with Gasteiger partial charge in [0.15, 0.2) is 11.5 Å². The second-order valence-corrected chi connectivity index (χ2v) is 6.39. The van der Waals surface area contributed by atoms with Gasteiger partial charge in [-0.05, 0) is 25.8 Å². The number of aliphatic imine (C=N–C) groups is 1. The molecule has 0 saturated carbocycles. The van der Waals surface area contributed by atoms with Gasteiger partial charge in [0.25, 0.3) is 5.69 Å². The molecule has 1 aromatic heterocycles. The van der Waals surface area contributed by atoms with Crippen molar-refractivity contribution in [3.63, 3.8) is 0 Å². The highest BCUT2D eigenvalue weighted by atomic mass is 15.3. The number of hydrogen-bond acceptors (Lipinski definition) is 2. The van der Waals surface area contributed by atoms with E-state index in [9.17, 15) is 0 Å². The molecule has 116 valence electrons. The zero-order valence-electron chi connectivity index (χ0n) is 14.5. The Morgan fingerprint density at radius 3 is 2.45 bits per heavy atom. The minimum atomic E-state index is 0.247. The fourth-order valence-corrected chi connectivity index (χ4v) is 3.68. The number of pyridine rings is 1. The van der Waals surface area contributed by atoms with E-state index < -0.39 is 0 Å². The van der Waals surface area contributed by atoms with Crippen LogP contribution >= 0.6 is 0 Å². The number of fused-ring (bicyclic) bond motifs is 1. The highest BCUT2D eigenvalue weighted by Gasteiger charge is 2.37. The quantitative estimate of drug-likeness (QED) is 0.768. The molecule has 3 heteroatoms. The third-order valence-electron chi connectivity index (χ3n) is 5.38. The van der Waals surface area contributed by atoms with Crippen LogP contribution in [0.1, 0.15) is 35.0 Å². The summed E-state index contributed by atoms with van der Waals surface area (Å²) in [5, 5.41) is 0. The van der Waals surface area contributed by atoms with Gasteiger partial charge in [0.2, 0.25) is 0 Å². The van der Waals surface area contributed by atoms with E-state index in [4.69, 9.17) is 4.99 Å². The Hall–Kier alpha value is -1.90. The summed E-state index contributed by atoms with van der Waals surface area (Å²) in [6.07, 6.45) is 9.72. The molecule has 0 spiro atoms. The number of rotatable bonds is 2. The van der Waals surface area contributed by atoms with Crippen LogP contribution in [-0.2, 0) is 13.5 Å². The lowest BCUT2D eigenvalue weighted by Gasteiger charge is -2.24. The molecule has 2 heterocycles. The summed E-state index contributed by atoms with van der Waals surface area (Å²) in [7, 11) is 4.33. The fraction of sp³-hybridized carbons (Fsp3) is 0.474. The number of allylic oxidation sites excluding steroid dienone is 2. The minimum absolute atomic E-state index is 0.247. The topological polar surface area (TPSA) is 19.5 Å². The van der Waals surface area contributed by atoms with Gasteiger partial charge in [0.1, 0.15) is 7.05 Å². The summed E-state index contributed by atoms with van der Waals surface area (Å²) in [6, 6.07) is 0.600. The number of amidine groups is 1.